The second-order valence-electron chi connectivity index (χ2n) is 5.06. The molecular formula is C15H20N4O. The Labute approximate surface area is 118 Å². The van der Waals surface area contributed by atoms with Crippen molar-refractivity contribution < 1.29 is 4.42 Å². The normalized spacial score (nSPS) is 14.1. The molecule has 0 aliphatic heterocycles. The Bertz CT molecular complexity index is 579. The van der Waals surface area contributed by atoms with Crippen LogP contribution in [0.25, 0.3) is 0 Å². The molecule has 3 rings (SSSR count). The predicted octanol–water partition coefficient (Wildman–Crippen LogP) is 2.80. The first-order valence-electron chi connectivity index (χ1n) is 7.27. The van der Waals surface area contributed by atoms with Gasteiger partial charge in [0.25, 0.3) is 0 Å². The number of hydrogen-bond donors (Lipinski definition) is 2. The quantitative estimate of drug-likeness (QED) is 0.876. The van der Waals surface area contributed by atoms with Crippen LogP contribution >= 0.6 is 0 Å². The summed E-state index contributed by atoms with van der Waals surface area (Å²) in [6, 6.07) is 6.85. The van der Waals surface area contributed by atoms with Gasteiger partial charge in [-0.25, -0.2) is 0 Å². The van der Waals surface area contributed by atoms with Gasteiger partial charge in [0.1, 0.15) is 0 Å². The maximum atomic E-state index is 5.58. The van der Waals surface area contributed by atoms with Crippen molar-refractivity contribution in [2.45, 2.75) is 39.2 Å². The van der Waals surface area contributed by atoms with Crippen LogP contribution in [0.2, 0.25) is 0 Å². The molecule has 2 aromatic rings. The van der Waals surface area contributed by atoms with Crippen molar-refractivity contribution in [1.82, 2.24) is 15.5 Å². The topological polar surface area (TPSA) is 63.0 Å². The van der Waals surface area contributed by atoms with E-state index in [1.807, 2.05) is 6.92 Å². The fourth-order valence-corrected chi connectivity index (χ4v) is 2.62. The first-order valence-corrected chi connectivity index (χ1v) is 7.27. The molecule has 0 saturated carbocycles. The minimum absolute atomic E-state index is 0.469. The van der Waals surface area contributed by atoms with Crippen molar-refractivity contribution in [2.75, 3.05) is 11.9 Å². The van der Waals surface area contributed by atoms with Gasteiger partial charge in [-0.1, -0.05) is 24.2 Å². The SMILES string of the molecule is CCNCc1nnc(Nc2cccc3c2CCCC3)o1. The van der Waals surface area contributed by atoms with Crippen LogP contribution in [0.4, 0.5) is 11.7 Å². The van der Waals surface area contributed by atoms with Gasteiger partial charge < -0.3 is 15.1 Å². The third-order valence-corrected chi connectivity index (χ3v) is 3.63. The monoisotopic (exact) mass is 272 g/mol. The Morgan fingerprint density at radius 1 is 1.20 bits per heavy atom. The van der Waals surface area contributed by atoms with E-state index in [4.69, 9.17) is 4.42 Å². The fraction of sp³-hybridized carbons (Fsp3) is 0.467. The highest BCUT2D eigenvalue weighted by Crippen LogP contribution is 2.29. The summed E-state index contributed by atoms with van der Waals surface area (Å²) in [4.78, 5) is 0. The van der Waals surface area contributed by atoms with E-state index in [1.54, 1.807) is 0 Å². The highest BCUT2D eigenvalue weighted by Gasteiger charge is 2.14. The molecule has 1 aliphatic carbocycles. The molecule has 1 heterocycles. The van der Waals surface area contributed by atoms with Crippen LogP contribution in [0.3, 0.4) is 0 Å². The standard InChI is InChI=1S/C15H20N4O/c1-2-16-10-14-18-19-15(20-14)17-13-9-5-7-11-6-3-4-8-12(11)13/h5,7,9,16H,2-4,6,8,10H2,1H3,(H,17,19). The molecule has 0 spiro atoms. The molecule has 0 saturated heterocycles. The zero-order valence-electron chi connectivity index (χ0n) is 11.8. The maximum absolute atomic E-state index is 5.58. The fourth-order valence-electron chi connectivity index (χ4n) is 2.62. The average Bonchev–Trinajstić information content (AvgIpc) is 2.93. The van der Waals surface area contributed by atoms with Crippen LogP contribution in [-0.4, -0.2) is 16.7 Å². The Hall–Kier alpha value is -1.88. The third-order valence-electron chi connectivity index (χ3n) is 3.63. The van der Waals surface area contributed by atoms with E-state index in [0.29, 0.717) is 18.5 Å². The van der Waals surface area contributed by atoms with Crippen molar-refractivity contribution in [3.8, 4) is 0 Å². The lowest BCUT2D eigenvalue weighted by Gasteiger charge is -2.18. The number of hydrogen-bond acceptors (Lipinski definition) is 5. The van der Waals surface area contributed by atoms with Gasteiger partial charge in [0.2, 0.25) is 5.89 Å². The van der Waals surface area contributed by atoms with E-state index in [-0.39, 0.29) is 0 Å². The lowest BCUT2D eigenvalue weighted by atomic mass is 9.90. The van der Waals surface area contributed by atoms with Crippen LogP contribution < -0.4 is 10.6 Å². The summed E-state index contributed by atoms with van der Waals surface area (Å²) >= 11 is 0. The van der Waals surface area contributed by atoms with Crippen LogP contribution in [0.1, 0.15) is 36.8 Å². The Morgan fingerprint density at radius 3 is 3.00 bits per heavy atom. The summed E-state index contributed by atoms with van der Waals surface area (Å²) < 4.78 is 5.58. The Kier molecular flexibility index (Phi) is 3.97. The highest BCUT2D eigenvalue weighted by molar-refractivity contribution is 5.60. The summed E-state index contributed by atoms with van der Waals surface area (Å²) in [5.41, 5.74) is 3.93. The highest BCUT2D eigenvalue weighted by atomic mass is 16.4. The molecule has 0 amide bonds. The number of benzene rings is 1. The summed E-state index contributed by atoms with van der Waals surface area (Å²) in [5.74, 6) is 0.610. The smallest absolute Gasteiger partial charge is 0.320 e. The lowest BCUT2D eigenvalue weighted by Crippen LogP contribution is -2.11. The van der Waals surface area contributed by atoms with E-state index in [2.05, 4.69) is 39.0 Å². The Balaban J connectivity index is 1.76. The molecule has 0 radical (unpaired) electrons. The molecule has 0 bridgehead atoms. The van der Waals surface area contributed by atoms with Crippen LogP contribution in [-0.2, 0) is 19.4 Å². The zero-order valence-corrected chi connectivity index (χ0v) is 11.8. The maximum Gasteiger partial charge on any atom is 0.320 e. The minimum atomic E-state index is 0.469. The molecule has 5 heteroatoms. The van der Waals surface area contributed by atoms with Crippen molar-refractivity contribution in [2.24, 2.45) is 0 Å². The molecule has 0 fully saturated rings. The second kappa shape index (κ2) is 6.05. The molecule has 1 aromatic heterocycles. The summed E-state index contributed by atoms with van der Waals surface area (Å²) in [6.45, 7) is 3.54. The first kappa shape index (κ1) is 13.1. The zero-order chi connectivity index (χ0) is 13.8. The minimum Gasteiger partial charge on any atom is -0.406 e. The number of nitrogens with zero attached hydrogens (tertiary/aromatic N) is 2. The van der Waals surface area contributed by atoms with Gasteiger partial charge in [-0.2, -0.15) is 0 Å². The predicted molar refractivity (Wildman–Crippen MR) is 78.0 cm³/mol. The number of rotatable bonds is 5. The summed E-state index contributed by atoms with van der Waals surface area (Å²) in [7, 11) is 0. The van der Waals surface area contributed by atoms with Gasteiger partial charge in [-0.05, 0) is 49.4 Å². The van der Waals surface area contributed by atoms with Gasteiger partial charge >= 0.3 is 6.01 Å². The van der Waals surface area contributed by atoms with Gasteiger partial charge in [0.15, 0.2) is 0 Å². The second-order valence-corrected chi connectivity index (χ2v) is 5.06. The largest absolute Gasteiger partial charge is 0.406 e. The van der Waals surface area contributed by atoms with E-state index in [0.717, 1.165) is 18.7 Å². The average molecular weight is 272 g/mol. The van der Waals surface area contributed by atoms with Gasteiger partial charge in [-0.3, -0.25) is 0 Å². The molecule has 1 aliphatic rings. The molecule has 1 aromatic carbocycles. The first-order chi connectivity index (χ1) is 9.86. The number of nitrogens with one attached hydrogen (secondary N) is 2. The number of fused-ring (bicyclic) bond motifs is 1. The van der Waals surface area contributed by atoms with Gasteiger partial charge in [0.05, 0.1) is 6.54 Å². The van der Waals surface area contributed by atoms with Gasteiger partial charge in [-0.15, -0.1) is 5.10 Å². The Morgan fingerprint density at radius 2 is 2.10 bits per heavy atom. The van der Waals surface area contributed by atoms with E-state index >= 15 is 0 Å². The van der Waals surface area contributed by atoms with Crippen molar-refractivity contribution in [3.05, 3.63) is 35.2 Å². The molecule has 106 valence electrons. The molecule has 5 nitrogen and oxygen atoms in total. The van der Waals surface area contributed by atoms with E-state index in [9.17, 15) is 0 Å². The molecule has 2 N–H and O–H groups in total. The van der Waals surface area contributed by atoms with Crippen LogP contribution in [0.5, 0.6) is 0 Å². The molecule has 20 heavy (non-hydrogen) atoms. The van der Waals surface area contributed by atoms with Crippen molar-refractivity contribution in [3.63, 3.8) is 0 Å². The van der Waals surface area contributed by atoms with E-state index < -0.39 is 0 Å². The molecular weight excluding hydrogens is 252 g/mol. The summed E-state index contributed by atoms with van der Waals surface area (Å²) in [5, 5.41) is 14.5. The summed E-state index contributed by atoms with van der Waals surface area (Å²) in [6.07, 6.45) is 4.82. The number of anilines is 2. The van der Waals surface area contributed by atoms with Crippen molar-refractivity contribution in [1.29, 1.82) is 0 Å². The van der Waals surface area contributed by atoms with E-state index in [1.165, 1.54) is 30.4 Å². The lowest BCUT2D eigenvalue weighted by molar-refractivity contribution is 0.484. The number of aromatic nitrogens is 2. The molecule has 0 unspecified atom stereocenters. The van der Waals surface area contributed by atoms with Crippen LogP contribution in [0, 0.1) is 0 Å². The third kappa shape index (κ3) is 2.82. The van der Waals surface area contributed by atoms with Crippen molar-refractivity contribution >= 4 is 11.7 Å². The van der Waals surface area contributed by atoms with Crippen LogP contribution in [0.15, 0.2) is 22.6 Å². The van der Waals surface area contributed by atoms with Gasteiger partial charge in [0, 0.05) is 5.69 Å². The molecule has 0 atom stereocenters. The number of aryl methyl sites for hydroxylation is 1.